The summed E-state index contributed by atoms with van der Waals surface area (Å²) in [6.07, 6.45) is 0.0741. The lowest BCUT2D eigenvalue weighted by molar-refractivity contribution is -0.120. The van der Waals surface area contributed by atoms with Gasteiger partial charge in [-0.25, -0.2) is 0 Å². The third-order valence-electron chi connectivity index (χ3n) is 3.20. The second-order valence-corrected chi connectivity index (χ2v) is 5.54. The van der Waals surface area contributed by atoms with Crippen molar-refractivity contribution < 1.29 is 19.0 Å². The Bertz CT molecular complexity index is 497. The number of halogens is 1. The third-order valence-corrected chi connectivity index (χ3v) is 3.20. The van der Waals surface area contributed by atoms with Crippen molar-refractivity contribution in [2.75, 3.05) is 33.9 Å². The van der Waals surface area contributed by atoms with Crippen LogP contribution >= 0.6 is 12.4 Å². The Morgan fingerprint density at radius 2 is 1.88 bits per heavy atom. The summed E-state index contributed by atoms with van der Waals surface area (Å²) in [4.78, 5) is 11.9. The molecule has 1 rings (SSSR count). The molecule has 1 amide bonds. The summed E-state index contributed by atoms with van der Waals surface area (Å²) in [7, 11) is 3.24. The normalized spacial score (nSPS) is 11.6. The van der Waals surface area contributed by atoms with Crippen molar-refractivity contribution in [2.45, 2.75) is 32.9 Å². The first-order valence-electron chi connectivity index (χ1n) is 7.81. The summed E-state index contributed by atoms with van der Waals surface area (Å²) in [5.41, 5.74) is 0.961. The number of hydrogen-bond acceptors (Lipinski definition) is 5. The average molecular weight is 361 g/mol. The number of methoxy groups -OCH3 is 2. The summed E-state index contributed by atoms with van der Waals surface area (Å²) in [6.45, 7) is 7.36. The SMILES string of the molecule is COCCNCC(=O)NC(C)c1ccc(OC(C)C)c(OC)c1.Cl. The number of ether oxygens (including phenoxy) is 3. The van der Waals surface area contributed by atoms with Crippen molar-refractivity contribution in [3.8, 4) is 11.5 Å². The molecule has 0 saturated heterocycles. The van der Waals surface area contributed by atoms with Crippen LogP contribution in [0.5, 0.6) is 11.5 Å². The Morgan fingerprint density at radius 1 is 1.17 bits per heavy atom. The molecule has 0 aliphatic heterocycles. The van der Waals surface area contributed by atoms with Gasteiger partial charge in [-0.1, -0.05) is 6.07 Å². The van der Waals surface area contributed by atoms with Crippen LogP contribution in [0.2, 0.25) is 0 Å². The first-order chi connectivity index (χ1) is 11.0. The van der Waals surface area contributed by atoms with Gasteiger partial charge >= 0.3 is 0 Å². The molecule has 1 aromatic carbocycles. The molecule has 1 aromatic rings. The van der Waals surface area contributed by atoms with Crippen LogP contribution in [0.15, 0.2) is 18.2 Å². The van der Waals surface area contributed by atoms with E-state index in [4.69, 9.17) is 14.2 Å². The minimum atomic E-state index is -0.117. The average Bonchev–Trinajstić information content (AvgIpc) is 2.51. The van der Waals surface area contributed by atoms with Crippen LogP contribution in [-0.2, 0) is 9.53 Å². The topological polar surface area (TPSA) is 68.8 Å². The fourth-order valence-corrected chi connectivity index (χ4v) is 2.06. The predicted molar refractivity (Wildman–Crippen MR) is 97.3 cm³/mol. The minimum Gasteiger partial charge on any atom is -0.493 e. The monoisotopic (exact) mass is 360 g/mol. The lowest BCUT2D eigenvalue weighted by Gasteiger charge is -2.18. The van der Waals surface area contributed by atoms with Gasteiger partial charge in [0, 0.05) is 13.7 Å². The van der Waals surface area contributed by atoms with E-state index in [0.717, 1.165) is 5.56 Å². The van der Waals surface area contributed by atoms with Crippen molar-refractivity contribution in [1.29, 1.82) is 0 Å². The first-order valence-corrected chi connectivity index (χ1v) is 7.81. The molecule has 138 valence electrons. The molecule has 0 aliphatic rings. The van der Waals surface area contributed by atoms with Crippen molar-refractivity contribution >= 4 is 18.3 Å². The quantitative estimate of drug-likeness (QED) is 0.627. The fourth-order valence-electron chi connectivity index (χ4n) is 2.06. The highest BCUT2D eigenvalue weighted by Gasteiger charge is 2.13. The second-order valence-electron chi connectivity index (χ2n) is 5.54. The van der Waals surface area contributed by atoms with Crippen LogP contribution in [-0.4, -0.2) is 45.9 Å². The molecule has 7 heteroatoms. The molecule has 0 bridgehead atoms. The Kier molecular flexibility index (Phi) is 11.2. The molecule has 2 N–H and O–H groups in total. The number of carbonyl (C=O) groups excluding carboxylic acids is 1. The molecule has 0 spiro atoms. The summed E-state index contributed by atoms with van der Waals surface area (Å²) in [6, 6.07) is 5.58. The smallest absolute Gasteiger partial charge is 0.234 e. The molecular formula is C17H29ClN2O4. The highest BCUT2D eigenvalue weighted by Crippen LogP contribution is 2.31. The van der Waals surface area contributed by atoms with Gasteiger partial charge in [0.15, 0.2) is 11.5 Å². The van der Waals surface area contributed by atoms with Gasteiger partial charge in [-0.2, -0.15) is 0 Å². The van der Waals surface area contributed by atoms with Crippen LogP contribution in [0.1, 0.15) is 32.4 Å². The number of benzene rings is 1. The number of hydrogen-bond donors (Lipinski definition) is 2. The van der Waals surface area contributed by atoms with E-state index in [1.54, 1.807) is 14.2 Å². The molecule has 1 atom stereocenters. The van der Waals surface area contributed by atoms with Gasteiger partial charge in [-0.3, -0.25) is 4.79 Å². The van der Waals surface area contributed by atoms with Crippen molar-refractivity contribution in [3.05, 3.63) is 23.8 Å². The molecule has 24 heavy (non-hydrogen) atoms. The van der Waals surface area contributed by atoms with Crippen LogP contribution in [0.25, 0.3) is 0 Å². The Labute approximate surface area is 150 Å². The van der Waals surface area contributed by atoms with Gasteiger partial charge in [-0.05, 0) is 38.5 Å². The number of rotatable bonds is 10. The zero-order chi connectivity index (χ0) is 17.2. The van der Waals surface area contributed by atoms with E-state index in [1.165, 1.54) is 0 Å². The van der Waals surface area contributed by atoms with E-state index in [1.807, 2.05) is 39.0 Å². The highest BCUT2D eigenvalue weighted by atomic mass is 35.5. The van der Waals surface area contributed by atoms with E-state index >= 15 is 0 Å². The molecule has 0 aromatic heterocycles. The summed E-state index contributed by atoms with van der Waals surface area (Å²) in [5.74, 6) is 1.30. The third kappa shape index (κ3) is 7.86. The van der Waals surface area contributed by atoms with Gasteiger partial charge < -0.3 is 24.8 Å². The molecule has 0 saturated carbocycles. The standard InChI is InChI=1S/C17H28N2O4.ClH/c1-12(2)23-15-7-6-14(10-16(15)22-5)13(3)19-17(20)11-18-8-9-21-4;/h6-7,10,12-13,18H,8-9,11H2,1-5H3,(H,19,20);1H. The van der Waals surface area contributed by atoms with E-state index in [0.29, 0.717) is 24.7 Å². The summed E-state index contributed by atoms with van der Waals surface area (Å²) >= 11 is 0. The molecule has 6 nitrogen and oxygen atoms in total. The zero-order valence-electron chi connectivity index (χ0n) is 15.0. The van der Waals surface area contributed by atoms with Gasteiger partial charge in [0.1, 0.15) is 0 Å². The first kappa shape index (κ1) is 22.5. The van der Waals surface area contributed by atoms with E-state index in [2.05, 4.69) is 10.6 Å². The molecule has 0 radical (unpaired) electrons. The maximum absolute atomic E-state index is 11.9. The summed E-state index contributed by atoms with van der Waals surface area (Å²) in [5, 5.41) is 5.96. The Hall–Kier alpha value is -1.50. The molecule has 0 fully saturated rings. The highest BCUT2D eigenvalue weighted by molar-refractivity contribution is 5.85. The van der Waals surface area contributed by atoms with Crippen LogP contribution in [0.4, 0.5) is 0 Å². The number of nitrogens with one attached hydrogen (secondary N) is 2. The number of amides is 1. The lowest BCUT2D eigenvalue weighted by Crippen LogP contribution is -2.36. The second kappa shape index (κ2) is 11.9. The predicted octanol–water partition coefficient (Wildman–Crippen LogP) is 2.32. The van der Waals surface area contributed by atoms with Crippen molar-refractivity contribution in [3.63, 3.8) is 0 Å². The molecule has 0 heterocycles. The van der Waals surface area contributed by atoms with Crippen molar-refractivity contribution in [2.24, 2.45) is 0 Å². The lowest BCUT2D eigenvalue weighted by atomic mass is 10.1. The molecular weight excluding hydrogens is 332 g/mol. The maximum Gasteiger partial charge on any atom is 0.234 e. The van der Waals surface area contributed by atoms with Crippen LogP contribution in [0, 0.1) is 0 Å². The van der Waals surface area contributed by atoms with E-state index in [-0.39, 0.29) is 37.0 Å². The Morgan fingerprint density at radius 3 is 2.46 bits per heavy atom. The van der Waals surface area contributed by atoms with Gasteiger partial charge in [0.25, 0.3) is 0 Å². The van der Waals surface area contributed by atoms with Crippen LogP contribution in [0.3, 0.4) is 0 Å². The largest absolute Gasteiger partial charge is 0.493 e. The summed E-state index contributed by atoms with van der Waals surface area (Å²) < 4.78 is 16.0. The minimum absolute atomic E-state index is 0. The number of carbonyl (C=O) groups is 1. The fraction of sp³-hybridized carbons (Fsp3) is 0.588. The van der Waals surface area contributed by atoms with E-state index < -0.39 is 0 Å². The molecule has 1 unspecified atom stereocenters. The van der Waals surface area contributed by atoms with Gasteiger partial charge in [0.05, 0.1) is 32.4 Å². The van der Waals surface area contributed by atoms with Crippen molar-refractivity contribution in [1.82, 2.24) is 10.6 Å². The maximum atomic E-state index is 11.9. The van der Waals surface area contributed by atoms with Gasteiger partial charge in [0.2, 0.25) is 5.91 Å². The van der Waals surface area contributed by atoms with Gasteiger partial charge in [-0.15, -0.1) is 12.4 Å². The molecule has 0 aliphatic carbocycles. The zero-order valence-corrected chi connectivity index (χ0v) is 15.9. The van der Waals surface area contributed by atoms with Crippen LogP contribution < -0.4 is 20.1 Å². The van der Waals surface area contributed by atoms with E-state index in [9.17, 15) is 4.79 Å². The Balaban J connectivity index is 0.00000529.